The second kappa shape index (κ2) is 7.29. The molecular formula is C16H25N3O2. The Hall–Kier alpha value is -1.78. The first-order valence-electron chi connectivity index (χ1n) is 7.89. The average molecular weight is 291 g/mol. The highest BCUT2D eigenvalue weighted by molar-refractivity contribution is 5.76. The first-order valence-corrected chi connectivity index (χ1v) is 7.89. The van der Waals surface area contributed by atoms with Crippen LogP contribution in [0.3, 0.4) is 0 Å². The molecule has 2 N–H and O–H groups in total. The second-order valence-corrected chi connectivity index (χ2v) is 5.94. The Balaban J connectivity index is 2.18. The average Bonchev–Trinajstić information content (AvgIpc) is 2.64. The van der Waals surface area contributed by atoms with E-state index in [1.165, 1.54) is 19.3 Å². The van der Waals surface area contributed by atoms with Crippen molar-refractivity contribution < 1.29 is 4.92 Å². The molecule has 1 aliphatic rings. The molecule has 116 valence electrons. The normalized spacial score (nSPS) is 22.4. The fraction of sp³-hybridized carbons (Fsp3) is 0.625. The van der Waals surface area contributed by atoms with Gasteiger partial charge < -0.3 is 10.6 Å². The molecular weight excluding hydrogens is 266 g/mol. The first-order chi connectivity index (χ1) is 10.1. The van der Waals surface area contributed by atoms with Gasteiger partial charge in [0.05, 0.1) is 4.92 Å². The zero-order valence-electron chi connectivity index (χ0n) is 12.9. The maximum Gasteiger partial charge on any atom is 0.315 e. The second-order valence-electron chi connectivity index (χ2n) is 5.94. The van der Waals surface area contributed by atoms with Gasteiger partial charge in [0.2, 0.25) is 0 Å². The molecule has 2 atom stereocenters. The van der Waals surface area contributed by atoms with E-state index in [2.05, 4.69) is 17.6 Å². The molecule has 1 aromatic rings. The molecule has 1 aromatic carbocycles. The van der Waals surface area contributed by atoms with E-state index < -0.39 is 0 Å². The fourth-order valence-electron chi connectivity index (χ4n) is 3.04. The zero-order valence-corrected chi connectivity index (χ0v) is 12.9. The molecule has 2 rings (SSSR count). The smallest absolute Gasteiger partial charge is 0.315 e. The van der Waals surface area contributed by atoms with Crippen LogP contribution in [0, 0.1) is 16.0 Å². The Labute approximate surface area is 126 Å². The molecule has 0 spiro atoms. The van der Waals surface area contributed by atoms with Crippen LogP contribution in [-0.4, -0.2) is 17.5 Å². The molecule has 0 heterocycles. The molecule has 0 aromatic heterocycles. The lowest BCUT2D eigenvalue weighted by molar-refractivity contribution is -0.383. The predicted octanol–water partition coefficient (Wildman–Crippen LogP) is 4.41. The number of anilines is 2. The highest BCUT2D eigenvalue weighted by atomic mass is 16.6. The summed E-state index contributed by atoms with van der Waals surface area (Å²) in [4.78, 5) is 11.1. The number of nitrogens with zero attached hydrogens (tertiary/aromatic N) is 1. The monoisotopic (exact) mass is 291 g/mol. The number of nitro groups is 1. The van der Waals surface area contributed by atoms with E-state index >= 15 is 0 Å². The number of benzene rings is 1. The van der Waals surface area contributed by atoms with Crippen LogP contribution in [0.15, 0.2) is 18.2 Å². The minimum absolute atomic E-state index is 0.164. The van der Waals surface area contributed by atoms with Crippen molar-refractivity contribution in [3.8, 4) is 0 Å². The summed E-state index contributed by atoms with van der Waals surface area (Å²) in [6.07, 6.45) is 5.83. The van der Waals surface area contributed by atoms with E-state index in [-0.39, 0.29) is 10.6 Å². The topological polar surface area (TPSA) is 67.2 Å². The maximum absolute atomic E-state index is 11.4. The van der Waals surface area contributed by atoms with Gasteiger partial charge in [0.1, 0.15) is 11.4 Å². The number of nitrogens with one attached hydrogen (secondary N) is 2. The molecule has 1 fully saturated rings. The van der Waals surface area contributed by atoms with Crippen molar-refractivity contribution in [2.45, 2.75) is 52.0 Å². The van der Waals surface area contributed by atoms with Gasteiger partial charge in [-0.25, -0.2) is 0 Å². The van der Waals surface area contributed by atoms with Crippen LogP contribution in [0.2, 0.25) is 0 Å². The summed E-state index contributed by atoms with van der Waals surface area (Å²) in [5.41, 5.74) is 1.39. The van der Waals surface area contributed by atoms with Gasteiger partial charge in [0.15, 0.2) is 0 Å². The molecule has 5 nitrogen and oxygen atoms in total. The molecule has 0 saturated heterocycles. The van der Waals surface area contributed by atoms with Crippen molar-refractivity contribution in [1.82, 2.24) is 0 Å². The van der Waals surface area contributed by atoms with E-state index in [1.54, 1.807) is 6.07 Å². The Morgan fingerprint density at radius 3 is 2.71 bits per heavy atom. The summed E-state index contributed by atoms with van der Waals surface area (Å²) in [7, 11) is 0. The maximum atomic E-state index is 11.4. The van der Waals surface area contributed by atoms with Gasteiger partial charge in [-0.1, -0.05) is 25.8 Å². The quantitative estimate of drug-likeness (QED) is 0.479. The molecule has 2 unspecified atom stereocenters. The number of para-hydroxylation sites is 1. The molecule has 1 saturated carbocycles. The predicted molar refractivity (Wildman–Crippen MR) is 86.9 cm³/mol. The molecule has 5 heteroatoms. The van der Waals surface area contributed by atoms with Crippen LogP contribution in [-0.2, 0) is 0 Å². The Kier molecular flexibility index (Phi) is 5.42. The van der Waals surface area contributed by atoms with E-state index in [0.717, 1.165) is 18.8 Å². The number of hydrogen-bond donors (Lipinski definition) is 2. The zero-order chi connectivity index (χ0) is 15.2. The van der Waals surface area contributed by atoms with Gasteiger partial charge in [-0.05, 0) is 44.2 Å². The van der Waals surface area contributed by atoms with Crippen LogP contribution in [0.25, 0.3) is 0 Å². The molecule has 0 bridgehead atoms. The SMILES string of the molecule is CCNc1cccc(NC2CCCC(C)CC2)c1[N+](=O)[O-]. The standard InChI is InChI=1S/C16H25N3O2/c1-3-17-14-8-5-9-15(16(14)19(20)21)18-13-7-4-6-12(2)10-11-13/h5,8-9,12-13,17-18H,3-4,6-7,10-11H2,1-2H3. The molecule has 0 aliphatic heterocycles. The lowest BCUT2D eigenvalue weighted by Crippen LogP contribution is -2.19. The number of rotatable bonds is 5. The summed E-state index contributed by atoms with van der Waals surface area (Å²) in [5, 5.41) is 17.9. The third-order valence-corrected chi connectivity index (χ3v) is 4.20. The van der Waals surface area contributed by atoms with E-state index in [0.29, 0.717) is 24.0 Å². The van der Waals surface area contributed by atoms with Crippen molar-refractivity contribution in [1.29, 1.82) is 0 Å². The Morgan fingerprint density at radius 2 is 2.00 bits per heavy atom. The van der Waals surface area contributed by atoms with E-state index in [9.17, 15) is 10.1 Å². The van der Waals surface area contributed by atoms with Gasteiger partial charge in [-0.2, -0.15) is 0 Å². The highest BCUT2D eigenvalue weighted by Gasteiger charge is 2.23. The van der Waals surface area contributed by atoms with E-state index in [4.69, 9.17) is 0 Å². The van der Waals surface area contributed by atoms with Crippen molar-refractivity contribution >= 4 is 17.1 Å². The van der Waals surface area contributed by atoms with Gasteiger partial charge in [0, 0.05) is 12.6 Å². The van der Waals surface area contributed by atoms with Crippen LogP contribution >= 0.6 is 0 Å². The Morgan fingerprint density at radius 1 is 1.24 bits per heavy atom. The van der Waals surface area contributed by atoms with Crippen LogP contribution < -0.4 is 10.6 Å². The molecule has 1 aliphatic carbocycles. The number of nitro benzene ring substituents is 1. The third-order valence-electron chi connectivity index (χ3n) is 4.20. The first kappa shape index (κ1) is 15.6. The minimum Gasteiger partial charge on any atom is -0.380 e. The van der Waals surface area contributed by atoms with Gasteiger partial charge in [0.25, 0.3) is 0 Å². The lowest BCUT2D eigenvalue weighted by Gasteiger charge is -2.18. The summed E-state index contributed by atoms with van der Waals surface area (Å²) < 4.78 is 0. The van der Waals surface area contributed by atoms with Crippen LogP contribution in [0.5, 0.6) is 0 Å². The van der Waals surface area contributed by atoms with Crippen molar-refractivity contribution in [3.05, 3.63) is 28.3 Å². The van der Waals surface area contributed by atoms with Crippen molar-refractivity contribution in [3.63, 3.8) is 0 Å². The minimum atomic E-state index is -0.292. The molecule has 0 radical (unpaired) electrons. The van der Waals surface area contributed by atoms with Gasteiger partial charge in [-0.15, -0.1) is 0 Å². The summed E-state index contributed by atoms with van der Waals surface area (Å²) in [6.45, 7) is 4.90. The van der Waals surface area contributed by atoms with Crippen molar-refractivity contribution in [2.75, 3.05) is 17.2 Å². The van der Waals surface area contributed by atoms with E-state index in [1.807, 2.05) is 19.1 Å². The lowest BCUT2D eigenvalue weighted by atomic mass is 10.0. The van der Waals surface area contributed by atoms with Crippen molar-refractivity contribution in [2.24, 2.45) is 5.92 Å². The van der Waals surface area contributed by atoms with Gasteiger partial charge in [-0.3, -0.25) is 10.1 Å². The largest absolute Gasteiger partial charge is 0.380 e. The summed E-state index contributed by atoms with van der Waals surface area (Å²) in [5.74, 6) is 0.764. The van der Waals surface area contributed by atoms with Crippen LogP contribution in [0.1, 0.15) is 46.0 Å². The highest BCUT2D eigenvalue weighted by Crippen LogP contribution is 2.34. The van der Waals surface area contributed by atoms with Gasteiger partial charge >= 0.3 is 5.69 Å². The molecule has 0 amide bonds. The Bertz CT molecular complexity index is 490. The van der Waals surface area contributed by atoms with Crippen LogP contribution in [0.4, 0.5) is 17.1 Å². The summed E-state index contributed by atoms with van der Waals surface area (Å²) in [6, 6.07) is 5.78. The fourth-order valence-corrected chi connectivity index (χ4v) is 3.04. The number of hydrogen-bond acceptors (Lipinski definition) is 4. The summed E-state index contributed by atoms with van der Waals surface area (Å²) >= 11 is 0. The molecule has 21 heavy (non-hydrogen) atoms. The third kappa shape index (κ3) is 4.09.